The lowest BCUT2D eigenvalue weighted by atomic mass is 9.94. The minimum absolute atomic E-state index is 0.0739. The fraction of sp³-hybridized carbons (Fsp3) is 0.182. The molecule has 0 atom stereocenters. The molecule has 2 aliphatic rings. The molecular weight excluding hydrogens is 411 g/mol. The number of rotatable bonds is 4. The number of benzene rings is 2. The first-order valence-corrected chi connectivity index (χ1v) is 9.95. The van der Waals surface area contributed by atoms with Gasteiger partial charge in [0, 0.05) is 5.56 Å². The molecule has 2 aromatic carbocycles. The van der Waals surface area contributed by atoms with E-state index in [-0.39, 0.29) is 12.7 Å². The number of pyridine rings is 1. The van der Waals surface area contributed by atoms with Crippen LogP contribution in [0.25, 0.3) is 11.3 Å². The zero-order valence-corrected chi connectivity index (χ0v) is 16.8. The zero-order valence-electron chi connectivity index (χ0n) is 15.2. The van der Waals surface area contributed by atoms with Crippen LogP contribution in [-0.2, 0) is 10.2 Å². The van der Waals surface area contributed by atoms with Crippen molar-refractivity contribution in [3.05, 3.63) is 70.2 Å². The van der Waals surface area contributed by atoms with Crippen LogP contribution in [0.15, 0.2) is 54.6 Å². The molecule has 0 radical (unpaired) electrons. The van der Waals surface area contributed by atoms with Crippen LogP contribution < -0.4 is 14.8 Å². The minimum atomic E-state index is -0.553. The maximum absolute atomic E-state index is 13.1. The monoisotopic (exact) mass is 426 g/mol. The Morgan fingerprint density at radius 1 is 0.966 bits per heavy atom. The summed E-state index contributed by atoms with van der Waals surface area (Å²) in [5.74, 6) is 1.81. The minimum Gasteiger partial charge on any atom is -0.454 e. The molecule has 29 heavy (non-hydrogen) atoms. The van der Waals surface area contributed by atoms with Crippen molar-refractivity contribution < 1.29 is 14.3 Å². The zero-order chi connectivity index (χ0) is 20.0. The number of carbonyl (C=O) groups excluding carboxylic acids is 1. The molecule has 0 unspecified atom stereocenters. The molecule has 1 fully saturated rings. The number of nitrogens with one attached hydrogen (secondary N) is 1. The van der Waals surface area contributed by atoms with Crippen molar-refractivity contribution in [1.29, 1.82) is 0 Å². The van der Waals surface area contributed by atoms with Crippen molar-refractivity contribution in [2.24, 2.45) is 0 Å². The third-order valence-corrected chi connectivity index (χ3v) is 6.05. The number of fused-ring (bicyclic) bond motifs is 1. The van der Waals surface area contributed by atoms with E-state index in [1.165, 1.54) is 0 Å². The van der Waals surface area contributed by atoms with Crippen LogP contribution in [0.4, 0.5) is 5.82 Å². The average Bonchev–Trinajstić information content (AvgIpc) is 3.41. The van der Waals surface area contributed by atoms with Gasteiger partial charge in [-0.1, -0.05) is 41.4 Å². The summed E-state index contributed by atoms with van der Waals surface area (Å²) in [5.41, 5.74) is 1.91. The van der Waals surface area contributed by atoms with E-state index in [0.29, 0.717) is 33.1 Å². The van der Waals surface area contributed by atoms with Gasteiger partial charge in [0.15, 0.2) is 11.5 Å². The standard InChI is InChI=1S/C22H16Cl2N2O3/c23-15-6-4-13(10-16(15)24)17-2-1-3-20(25-17)26-21(27)22(8-9-22)14-5-7-18-19(11-14)29-12-28-18/h1-7,10-11H,8-9,12H2,(H,25,26,27). The Labute approximate surface area is 177 Å². The Morgan fingerprint density at radius 2 is 1.79 bits per heavy atom. The summed E-state index contributed by atoms with van der Waals surface area (Å²) in [6.45, 7) is 0.212. The molecule has 1 saturated carbocycles. The molecular formula is C22H16Cl2N2O3. The average molecular weight is 427 g/mol. The van der Waals surface area contributed by atoms with Crippen LogP contribution >= 0.6 is 23.2 Å². The van der Waals surface area contributed by atoms with Crippen molar-refractivity contribution in [3.8, 4) is 22.8 Å². The van der Waals surface area contributed by atoms with E-state index in [2.05, 4.69) is 10.3 Å². The van der Waals surface area contributed by atoms with E-state index in [1.54, 1.807) is 18.2 Å². The van der Waals surface area contributed by atoms with E-state index >= 15 is 0 Å². The Balaban J connectivity index is 1.39. The number of hydrogen-bond donors (Lipinski definition) is 1. The smallest absolute Gasteiger partial charge is 0.236 e. The van der Waals surface area contributed by atoms with Gasteiger partial charge in [-0.15, -0.1) is 0 Å². The third kappa shape index (κ3) is 3.30. The van der Waals surface area contributed by atoms with E-state index < -0.39 is 5.41 Å². The molecule has 1 N–H and O–H groups in total. The van der Waals surface area contributed by atoms with Gasteiger partial charge in [-0.3, -0.25) is 4.79 Å². The molecule has 1 amide bonds. The summed E-state index contributed by atoms with van der Waals surface area (Å²) >= 11 is 12.1. The lowest BCUT2D eigenvalue weighted by Gasteiger charge is -2.16. The highest BCUT2D eigenvalue weighted by atomic mass is 35.5. The highest BCUT2D eigenvalue weighted by molar-refractivity contribution is 6.42. The summed E-state index contributed by atoms with van der Waals surface area (Å²) in [6.07, 6.45) is 1.57. The molecule has 5 rings (SSSR count). The lowest BCUT2D eigenvalue weighted by Crippen LogP contribution is -2.28. The van der Waals surface area contributed by atoms with Gasteiger partial charge in [0.1, 0.15) is 5.82 Å². The molecule has 3 aromatic rings. The molecule has 1 aliphatic heterocycles. The van der Waals surface area contributed by atoms with Gasteiger partial charge in [0.05, 0.1) is 21.2 Å². The molecule has 0 spiro atoms. The summed E-state index contributed by atoms with van der Waals surface area (Å²) in [5, 5.41) is 3.91. The molecule has 1 aliphatic carbocycles. The van der Waals surface area contributed by atoms with Crippen LogP contribution in [0.2, 0.25) is 10.0 Å². The van der Waals surface area contributed by atoms with Crippen molar-refractivity contribution in [2.45, 2.75) is 18.3 Å². The molecule has 0 bridgehead atoms. The van der Waals surface area contributed by atoms with Gasteiger partial charge in [0.25, 0.3) is 0 Å². The van der Waals surface area contributed by atoms with Gasteiger partial charge in [-0.05, 0) is 54.8 Å². The van der Waals surface area contributed by atoms with Crippen molar-refractivity contribution in [2.75, 3.05) is 12.1 Å². The quantitative estimate of drug-likeness (QED) is 0.601. The second kappa shape index (κ2) is 6.94. The predicted octanol–water partition coefficient (Wildman–Crippen LogP) is 5.45. The first-order chi connectivity index (χ1) is 14.0. The highest BCUT2D eigenvalue weighted by Gasteiger charge is 2.51. The fourth-order valence-electron chi connectivity index (χ4n) is 3.52. The molecule has 7 heteroatoms. The number of nitrogens with zero attached hydrogens (tertiary/aromatic N) is 1. The van der Waals surface area contributed by atoms with Crippen molar-refractivity contribution >= 4 is 34.9 Å². The van der Waals surface area contributed by atoms with Crippen LogP contribution in [0.5, 0.6) is 11.5 Å². The number of ether oxygens (including phenoxy) is 2. The number of aromatic nitrogens is 1. The maximum Gasteiger partial charge on any atom is 0.236 e. The molecule has 5 nitrogen and oxygen atoms in total. The van der Waals surface area contributed by atoms with Gasteiger partial charge in [0.2, 0.25) is 12.7 Å². The number of hydrogen-bond acceptors (Lipinski definition) is 4. The van der Waals surface area contributed by atoms with Gasteiger partial charge in [-0.2, -0.15) is 0 Å². The molecule has 0 saturated heterocycles. The number of anilines is 1. The molecule has 1 aromatic heterocycles. The molecule has 146 valence electrons. The Kier molecular flexibility index (Phi) is 4.37. The van der Waals surface area contributed by atoms with E-state index in [1.807, 2.05) is 36.4 Å². The second-order valence-electron chi connectivity index (χ2n) is 7.14. The summed E-state index contributed by atoms with van der Waals surface area (Å²) in [7, 11) is 0. The summed E-state index contributed by atoms with van der Waals surface area (Å²) in [4.78, 5) is 17.7. The number of carbonyl (C=O) groups is 1. The van der Waals surface area contributed by atoms with Gasteiger partial charge in [-0.25, -0.2) is 4.98 Å². The van der Waals surface area contributed by atoms with Gasteiger partial charge >= 0.3 is 0 Å². The fourth-order valence-corrected chi connectivity index (χ4v) is 3.82. The predicted molar refractivity (Wildman–Crippen MR) is 112 cm³/mol. The summed E-state index contributed by atoms with van der Waals surface area (Å²) < 4.78 is 10.8. The largest absolute Gasteiger partial charge is 0.454 e. The number of amides is 1. The SMILES string of the molecule is O=C(Nc1cccc(-c2ccc(Cl)c(Cl)c2)n1)C1(c2ccc3c(c2)OCO3)CC1. The second-order valence-corrected chi connectivity index (χ2v) is 7.96. The van der Waals surface area contributed by atoms with E-state index in [9.17, 15) is 4.79 Å². The highest BCUT2D eigenvalue weighted by Crippen LogP contribution is 2.51. The number of halogens is 2. The van der Waals surface area contributed by atoms with E-state index in [0.717, 1.165) is 24.0 Å². The first-order valence-electron chi connectivity index (χ1n) is 9.19. The van der Waals surface area contributed by atoms with Crippen LogP contribution in [0, 0.1) is 0 Å². The normalized spacial score (nSPS) is 15.8. The third-order valence-electron chi connectivity index (χ3n) is 5.32. The lowest BCUT2D eigenvalue weighted by molar-refractivity contribution is -0.118. The Morgan fingerprint density at radius 3 is 2.59 bits per heavy atom. The van der Waals surface area contributed by atoms with E-state index in [4.69, 9.17) is 32.7 Å². The first kappa shape index (κ1) is 18.3. The summed E-state index contributed by atoms with van der Waals surface area (Å²) in [6, 6.07) is 16.5. The Hall–Kier alpha value is -2.76. The maximum atomic E-state index is 13.1. The topological polar surface area (TPSA) is 60.5 Å². The van der Waals surface area contributed by atoms with Crippen LogP contribution in [0.1, 0.15) is 18.4 Å². The Bertz CT molecular complexity index is 1130. The van der Waals surface area contributed by atoms with Crippen molar-refractivity contribution in [1.82, 2.24) is 4.98 Å². The van der Waals surface area contributed by atoms with Crippen LogP contribution in [-0.4, -0.2) is 17.7 Å². The van der Waals surface area contributed by atoms with Crippen molar-refractivity contribution in [3.63, 3.8) is 0 Å². The molecule has 2 heterocycles. The van der Waals surface area contributed by atoms with Gasteiger partial charge < -0.3 is 14.8 Å². The van der Waals surface area contributed by atoms with Crippen LogP contribution in [0.3, 0.4) is 0 Å².